The largest absolute Gasteiger partial charge is 0.481 e. The smallest absolute Gasteiger partial charge is 0.308 e. The van der Waals surface area contributed by atoms with Gasteiger partial charge in [0.25, 0.3) is 0 Å². The number of hydrogen-bond acceptors (Lipinski definition) is 5. The van der Waals surface area contributed by atoms with Gasteiger partial charge in [0.05, 0.1) is 21.9 Å². The fraction of sp³-hybridized carbons (Fsp3) is 0.250. The zero-order valence-corrected chi connectivity index (χ0v) is 36.0. The fourth-order valence-electron chi connectivity index (χ4n) is 8.45. The molecule has 0 spiro atoms. The fourth-order valence-corrected chi connectivity index (χ4v) is 10.1. The van der Waals surface area contributed by atoms with Crippen molar-refractivity contribution in [3.63, 3.8) is 0 Å². The molecule has 2 atom stereocenters. The van der Waals surface area contributed by atoms with Gasteiger partial charge in [-0.05, 0) is 109 Å². The van der Waals surface area contributed by atoms with Gasteiger partial charge in [0.15, 0.2) is 0 Å². The summed E-state index contributed by atoms with van der Waals surface area (Å²) in [5.74, 6) is -3.46. The van der Waals surface area contributed by atoms with Crippen LogP contribution in [-0.2, 0) is 33.3 Å². The Hall–Kier alpha value is -5.75. The molecule has 4 heterocycles. The molecule has 4 aromatic carbocycles. The summed E-state index contributed by atoms with van der Waals surface area (Å²) in [7, 11) is 3.98. The average molecular weight is 876 g/mol. The monoisotopic (exact) mass is 874 g/mol. The molecule has 10 nitrogen and oxygen atoms in total. The number of nitrogens with zero attached hydrogens (tertiary/aromatic N) is 4. The van der Waals surface area contributed by atoms with Crippen LogP contribution in [0.5, 0.6) is 0 Å². The molecular formula is C48H44Cl2N4O6S. The lowest BCUT2D eigenvalue weighted by Gasteiger charge is -2.29. The third-order valence-electron chi connectivity index (χ3n) is 11.8. The van der Waals surface area contributed by atoms with Crippen LogP contribution in [0.1, 0.15) is 36.8 Å². The molecule has 13 heteroatoms. The van der Waals surface area contributed by atoms with Crippen LogP contribution in [0.2, 0.25) is 10.0 Å². The van der Waals surface area contributed by atoms with Gasteiger partial charge in [-0.1, -0.05) is 59.2 Å². The molecule has 2 unspecified atom stereocenters. The van der Waals surface area contributed by atoms with E-state index in [1.165, 1.54) is 23.9 Å². The van der Waals surface area contributed by atoms with E-state index in [4.69, 9.17) is 23.2 Å². The highest BCUT2D eigenvalue weighted by molar-refractivity contribution is 7.99. The molecule has 2 saturated heterocycles. The Morgan fingerprint density at radius 2 is 1.05 bits per heavy atom. The van der Waals surface area contributed by atoms with E-state index in [0.717, 1.165) is 65.0 Å². The number of hydrogen-bond donors (Lipinski definition) is 2. The van der Waals surface area contributed by atoms with Gasteiger partial charge in [-0.25, -0.2) is 0 Å². The lowest BCUT2D eigenvalue weighted by Crippen LogP contribution is -2.41. The number of aliphatic carboxylic acids is 2. The Bertz CT molecular complexity index is 2600. The molecule has 8 rings (SSSR count). The normalized spacial score (nSPS) is 17.2. The number of halogens is 2. The molecule has 61 heavy (non-hydrogen) atoms. The molecule has 0 bridgehead atoms. The Labute approximate surface area is 367 Å². The molecular weight excluding hydrogens is 832 g/mol. The number of carbonyl (C=O) groups excluding carboxylic acids is 2. The van der Waals surface area contributed by atoms with Crippen LogP contribution in [0.25, 0.3) is 56.2 Å². The van der Waals surface area contributed by atoms with Crippen LogP contribution in [-0.4, -0.2) is 79.1 Å². The van der Waals surface area contributed by atoms with E-state index in [1.807, 2.05) is 96.3 Å². The number of carbonyl (C=O) groups is 4. The van der Waals surface area contributed by atoms with E-state index in [-0.39, 0.29) is 24.9 Å². The van der Waals surface area contributed by atoms with Crippen molar-refractivity contribution in [1.29, 1.82) is 0 Å². The van der Waals surface area contributed by atoms with Crippen LogP contribution in [0.15, 0.2) is 107 Å². The summed E-state index contributed by atoms with van der Waals surface area (Å²) in [4.78, 5) is 54.8. The number of carboxylic acid groups (broad SMARTS) is 2. The summed E-state index contributed by atoms with van der Waals surface area (Å²) < 4.78 is 4.09. The molecule has 2 aliphatic rings. The second kappa shape index (κ2) is 17.7. The number of fused-ring (bicyclic) bond motifs is 2. The van der Waals surface area contributed by atoms with E-state index in [2.05, 4.69) is 12.1 Å². The standard InChI is InChI=1S/C48H44Cl2N4O6S/c1-51-23-19-31-25-33(7-13-37(31)51)43-29(11-17-41(55)53-21-3-5-35(27-53)47(57)58)9-15-39(45(43)49)61-40-16-10-30(12-18-42(56)54-22-4-6-36(28-54)48(59)60)44(46(40)50)34-8-14-38-32(26-34)20-24-52(38)2/h7-20,23-26,35-36H,3-6,21-22,27-28H2,1-2H3,(H,57,58)(H,59,60). The summed E-state index contributed by atoms with van der Waals surface area (Å²) in [6, 6.07) is 24.0. The minimum atomic E-state index is -0.893. The molecule has 0 saturated carbocycles. The molecule has 2 N–H and O–H groups in total. The molecule has 0 radical (unpaired) electrons. The molecule has 6 aromatic rings. The van der Waals surface area contributed by atoms with Gasteiger partial charge in [-0.15, -0.1) is 0 Å². The topological polar surface area (TPSA) is 125 Å². The predicted octanol–water partition coefficient (Wildman–Crippen LogP) is 10.1. The first kappa shape index (κ1) is 42.0. The van der Waals surface area contributed by atoms with E-state index in [1.54, 1.807) is 22.0 Å². The Kier molecular flexibility index (Phi) is 12.2. The Morgan fingerprint density at radius 3 is 1.46 bits per heavy atom. The van der Waals surface area contributed by atoms with Gasteiger partial charge in [-0.3, -0.25) is 19.2 Å². The Balaban J connectivity index is 1.17. The number of rotatable bonds is 10. The first-order valence-corrected chi connectivity index (χ1v) is 21.8. The number of amides is 2. The summed E-state index contributed by atoms with van der Waals surface area (Å²) in [6.07, 6.45) is 12.8. The summed E-state index contributed by atoms with van der Waals surface area (Å²) in [5.41, 5.74) is 6.74. The maximum absolute atomic E-state index is 13.4. The first-order valence-electron chi connectivity index (χ1n) is 20.2. The predicted molar refractivity (Wildman–Crippen MR) is 243 cm³/mol. The van der Waals surface area contributed by atoms with E-state index >= 15 is 0 Å². The third kappa shape index (κ3) is 8.73. The van der Waals surface area contributed by atoms with E-state index in [9.17, 15) is 29.4 Å². The SMILES string of the molecule is Cn1ccc2cc(-c3c(C=CC(=O)N4CCCC(C(=O)O)C4)ccc(Sc4ccc(C=CC(=O)N5CCCC(C(=O)O)C5)c(-c5ccc6c(ccn6C)c5)c4Cl)c3Cl)ccc21. The van der Waals surface area contributed by atoms with Gasteiger partial charge in [0.1, 0.15) is 0 Å². The van der Waals surface area contributed by atoms with Crippen LogP contribution >= 0.6 is 35.0 Å². The quantitative estimate of drug-likeness (QED) is 0.131. The van der Waals surface area contributed by atoms with Crippen molar-refractivity contribution >= 4 is 92.7 Å². The van der Waals surface area contributed by atoms with Crippen molar-refractivity contribution < 1.29 is 29.4 Å². The van der Waals surface area contributed by atoms with E-state index < -0.39 is 23.8 Å². The first-order chi connectivity index (χ1) is 29.4. The van der Waals surface area contributed by atoms with Crippen molar-refractivity contribution in [1.82, 2.24) is 18.9 Å². The molecule has 2 aliphatic heterocycles. The summed E-state index contributed by atoms with van der Waals surface area (Å²) in [5, 5.41) is 22.2. The highest BCUT2D eigenvalue weighted by Crippen LogP contribution is 2.47. The highest BCUT2D eigenvalue weighted by atomic mass is 35.5. The van der Waals surface area contributed by atoms with Crippen molar-refractivity contribution in [3.8, 4) is 22.3 Å². The molecule has 2 aromatic heterocycles. The van der Waals surface area contributed by atoms with Gasteiger partial charge >= 0.3 is 11.9 Å². The minimum Gasteiger partial charge on any atom is -0.481 e. The Morgan fingerprint density at radius 1 is 0.623 bits per heavy atom. The lowest BCUT2D eigenvalue weighted by molar-refractivity contribution is -0.146. The molecule has 2 fully saturated rings. The zero-order chi connectivity index (χ0) is 42.9. The maximum Gasteiger partial charge on any atom is 0.308 e. The lowest BCUT2D eigenvalue weighted by atomic mass is 9.97. The second-order valence-corrected chi connectivity index (χ2v) is 17.6. The highest BCUT2D eigenvalue weighted by Gasteiger charge is 2.29. The zero-order valence-electron chi connectivity index (χ0n) is 33.7. The maximum atomic E-state index is 13.4. The van der Waals surface area contributed by atoms with Crippen molar-refractivity contribution in [3.05, 3.63) is 119 Å². The average Bonchev–Trinajstić information content (AvgIpc) is 3.83. The van der Waals surface area contributed by atoms with Gasteiger partial charge in [-0.2, -0.15) is 0 Å². The van der Waals surface area contributed by atoms with Crippen molar-refractivity contribution in [2.24, 2.45) is 25.9 Å². The van der Waals surface area contributed by atoms with Gasteiger partial charge in [0, 0.05) is 108 Å². The third-order valence-corrected chi connectivity index (χ3v) is 14.0. The molecule has 0 aliphatic carbocycles. The minimum absolute atomic E-state index is 0.171. The van der Waals surface area contributed by atoms with Crippen LogP contribution < -0.4 is 0 Å². The number of benzene rings is 4. The van der Waals surface area contributed by atoms with Crippen LogP contribution in [0.4, 0.5) is 0 Å². The number of aryl methyl sites for hydroxylation is 2. The van der Waals surface area contributed by atoms with Crippen LogP contribution in [0, 0.1) is 11.8 Å². The summed E-state index contributed by atoms with van der Waals surface area (Å²) in [6.45, 7) is 1.34. The molecule has 312 valence electrons. The number of piperidine rings is 2. The van der Waals surface area contributed by atoms with Crippen molar-refractivity contribution in [2.45, 2.75) is 35.5 Å². The number of carboxylic acids is 2. The van der Waals surface area contributed by atoms with Crippen LogP contribution in [0.3, 0.4) is 0 Å². The summed E-state index contributed by atoms with van der Waals surface area (Å²) >= 11 is 16.2. The van der Waals surface area contributed by atoms with E-state index in [0.29, 0.717) is 48.8 Å². The second-order valence-electron chi connectivity index (χ2n) is 15.8. The molecule has 2 amide bonds. The van der Waals surface area contributed by atoms with Crippen molar-refractivity contribution in [2.75, 3.05) is 26.2 Å². The number of aromatic nitrogens is 2. The van der Waals surface area contributed by atoms with Gasteiger partial charge in [0.2, 0.25) is 11.8 Å². The number of likely N-dealkylation sites (tertiary alicyclic amines) is 2. The van der Waals surface area contributed by atoms with Gasteiger partial charge < -0.3 is 29.1 Å².